The lowest BCUT2D eigenvalue weighted by molar-refractivity contribution is -0.153. The lowest BCUT2D eigenvalue weighted by atomic mass is 9.99. The molecule has 0 radical (unpaired) electrons. The summed E-state index contributed by atoms with van der Waals surface area (Å²) < 4.78 is 98.0. The van der Waals surface area contributed by atoms with Crippen LogP contribution in [-0.2, 0) is 0 Å². The Hall–Kier alpha value is -2.76. The predicted octanol–water partition coefficient (Wildman–Crippen LogP) is 7.23. The molecule has 12 heteroatoms. The maximum absolute atomic E-state index is 13.2. The molecule has 1 unspecified atom stereocenters. The lowest BCUT2D eigenvalue weighted by Crippen LogP contribution is -2.33. The van der Waals surface area contributed by atoms with Gasteiger partial charge < -0.3 is 20.1 Å². The number of halogens is 7. The maximum Gasteiger partial charge on any atom is 0.422 e. The standard InChI is InChI=1S/C22H23F7N2O2S/c1-3-13(2)14-4-6-15(7-5-14)30-20(34)31-16-8-17(32-11-21(25,26)19(23)24)10-18(9-16)33-12-22(27,28)29/h4-10,13,19H,3,11-12H2,1-2H3,(H2,30,31,34). The number of rotatable bonds is 10. The van der Waals surface area contributed by atoms with Crippen LogP contribution in [0.2, 0.25) is 0 Å². The Kier molecular flexibility index (Phi) is 9.37. The monoisotopic (exact) mass is 512 g/mol. The van der Waals surface area contributed by atoms with E-state index in [1.165, 1.54) is 0 Å². The first-order chi connectivity index (χ1) is 15.8. The van der Waals surface area contributed by atoms with Crippen LogP contribution in [-0.4, -0.2) is 36.9 Å². The molecular formula is C22H23F7N2O2S. The Morgan fingerprint density at radius 1 is 0.882 bits per heavy atom. The topological polar surface area (TPSA) is 42.5 Å². The first kappa shape index (κ1) is 27.5. The Balaban J connectivity index is 2.15. The van der Waals surface area contributed by atoms with Crippen molar-refractivity contribution >= 4 is 28.7 Å². The zero-order chi connectivity index (χ0) is 25.5. The molecule has 0 aromatic heterocycles. The van der Waals surface area contributed by atoms with Crippen LogP contribution in [0.15, 0.2) is 42.5 Å². The van der Waals surface area contributed by atoms with Crippen molar-refractivity contribution in [1.29, 1.82) is 0 Å². The predicted molar refractivity (Wildman–Crippen MR) is 119 cm³/mol. The van der Waals surface area contributed by atoms with E-state index in [2.05, 4.69) is 29.2 Å². The van der Waals surface area contributed by atoms with Crippen molar-refractivity contribution in [2.45, 2.75) is 44.7 Å². The SMILES string of the molecule is CCC(C)c1ccc(NC(=S)Nc2cc(OCC(F)(F)F)cc(OCC(F)(F)C(F)F)c2)cc1. The van der Waals surface area contributed by atoms with E-state index in [1.54, 1.807) is 12.1 Å². The zero-order valence-electron chi connectivity index (χ0n) is 18.2. The molecule has 4 nitrogen and oxygen atoms in total. The van der Waals surface area contributed by atoms with Crippen LogP contribution in [0.3, 0.4) is 0 Å². The van der Waals surface area contributed by atoms with Gasteiger partial charge in [-0.25, -0.2) is 8.78 Å². The van der Waals surface area contributed by atoms with Crippen molar-refractivity contribution in [2.24, 2.45) is 0 Å². The van der Waals surface area contributed by atoms with Gasteiger partial charge in [-0.2, -0.15) is 22.0 Å². The minimum atomic E-state index is -4.66. The smallest absolute Gasteiger partial charge is 0.422 e. The fourth-order valence-corrected chi connectivity index (χ4v) is 2.88. The summed E-state index contributed by atoms with van der Waals surface area (Å²) in [5, 5.41) is 5.60. The molecule has 0 aliphatic heterocycles. The van der Waals surface area contributed by atoms with Crippen LogP contribution < -0.4 is 20.1 Å². The number of ether oxygens (including phenoxy) is 2. The number of hydrogen-bond acceptors (Lipinski definition) is 3. The van der Waals surface area contributed by atoms with E-state index in [1.807, 2.05) is 12.1 Å². The molecule has 0 spiro atoms. The minimum Gasteiger partial charge on any atom is -0.487 e. The zero-order valence-corrected chi connectivity index (χ0v) is 19.0. The van der Waals surface area contributed by atoms with Crippen LogP contribution in [0.4, 0.5) is 42.1 Å². The van der Waals surface area contributed by atoms with Gasteiger partial charge in [-0.3, -0.25) is 0 Å². The molecule has 0 saturated heterocycles. The molecule has 0 amide bonds. The lowest BCUT2D eigenvalue weighted by Gasteiger charge is -2.18. The van der Waals surface area contributed by atoms with Gasteiger partial charge in [-0.1, -0.05) is 26.0 Å². The van der Waals surface area contributed by atoms with Gasteiger partial charge in [0.1, 0.15) is 11.5 Å². The number of anilines is 2. The van der Waals surface area contributed by atoms with Crippen molar-refractivity contribution in [1.82, 2.24) is 0 Å². The van der Waals surface area contributed by atoms with Gasteiger partial charge in [-0.05, 0) is 42.3 Å². The highest BCUT2D eigenvalue weighted by Crippen LogP contribution is 2.30. The van der Waals surface area contributed by atoms with Crippen molar-refractivity contribution in [3.05, 3.63) is 48.0 Å². The first-order valence-electron chi connectivity index (χ1n) is 10.1. The van der Waals surface area contributed by atoms with Crippen molar-refractivity contribution < 1.29 is 40.2 Å². The van der Waals surface area contributed by atoms with E-state index >= 15 is 0 Å². The highest BCUT2D eigenvalue weighted by atomic mass is 32.1. The van der Waals surface area contributed by atoms with Crippen LogP contribution >= 0.6 is 12.2 Å². The summed E-state index contributed by atoms with van der Waals surface area (Å²) in [6.07, 6.45) is -7.67. The average molecular weight is 512 g/mol. The molecule has 2 aromatic carbocycles. The van der Waals surface area contributed by atoms with Crippen LogP contribution in [0.5, 0.6) is 11.5 Å². The number of benzene rings is 2. The molecule has 0 fully saturated rings. The fraction of sp³-hybridized carbons (Fsp3) is 0.409. The molecule has 0 aliphatic rings. The summed E-state index contributed by atoms with van der Waals surface area (Å²) >= 11 is 5.19. The molecule has 2 rings (SSSR count). The normalized spacial score (nSPS) is 12.9. The average Bonchev–Trinajstić information content (AvgIpc) is 2.75. The van der Waals surface area contributed by atoms with Crippen molar-refractivity contribution in [3.8, 4) is 11.5 Å². The summed E-state index contributed by atoms with van der Waals surface area (Å²) in [4.78, 5) is 0. The van der Waals surface area contributed by atoms with E-state index in [0.717, 1.165) is 30.2 Å². The maximum atomic E-state index is 13.2. The highest BCUT2D eigenvalue weighted by Gasteiger charge is 2.41. The van der Waals surface area contributed by atoms with E-state index in [0.29, 0.717) is 11.6 Å². The Labute approximate surface area is 197 Å². The second kappa shape index (κ2) is 11.6. The molecule has 188 valence electrons. The molecule has 1 atom stereocenters. The summed E-state index contributed by atoms with van der Waals surface area (Å²) in [6.45, 7) is 0.806. The number of nitrogens with one attached hydrogen (secondary N) is 2. The highest BCUT2D eigenvalue weighted by molar-refractivity contribution is 7.80. The van der Waals surface area contributed by atoms with E-state index < -0.39 is 43.2 Å². The van der Waals surface area contributed by atoms with Crippen LogP contribution in [0, 0.1) is 0 Å². The van der Waals surface area contributed by atoms with Gasteiger partial charge in [0.25, 0.3) is 0 Å². The molecule has 34 heavy (non-hydrogen) atoms. The van der Waals surface area contributed by atoms with Crippen LogP contribution in [0.1, 0.15) is 31.7 Å². The number of thiocarbonyl (C=S) groups is 1. The van der Waals surface area contributed by atoms with Crippen molar-refractivity contribution in [2.75, 3.05) is 23.8 Å². The second-order valence-corrected chi connectivity index (χ2v) is 7.87. The Morgan fingerprint density at radius 2 is 1.41 bits per heavy atom. The third-order valence-corrected chi connectivity index (χ3v) is 4.85. The van der Waals surface area contributed by atoms with E-state index in [4.69, 9.17) is 17.0 Å². The third kappa shape index (κ3) is 8.88. The fourth-order valence-electron chi connectivity index (χ4n) is 2.64. The summed E-state index contributed by atoms with van der Waals surface area (Å²) in [7, 11) is 0. The van der Waals surface area contributed by atoms with Crippen molar-refractivity contribution in [3.63, 3.8) is 0 Å². The van der Waals surface area contributed by atoms with Crippen LogP contribution in [0.25, 0.3) is 0 Å². The van der Waals surface area contributed by atoms with E-state index in [-0.39, 0.29) is 10.8 Å². The quantitative estimate of drug-likeness (QED) is 0.260. The van der Waals surface area contributed by atoms with Gasteiger partial charge in [0.15, 0.2) is 18.3 Å². The van der Waals surface area contributed by atoms with Gasteiger partial charge in [0, 0.05) is 29.6 Å². The molecule has 2 N–H and O–H groups in total. The molecular weight excluding hydrogens is 489 g/mol. The molecule has 2 aromatic rings. The summed E-state index contributed by atoms with van der Waals surface area (Å²) in [6, 6.07) is 10.5. The first-order valence-corrected chi connectivity index (χ1v) is 10.5. The molecule has 0 heterocycles. The number of alkyl halides is 7. The molecule has 0 aliphatic carbocycles. The minimum absolute atomic E-state index is 0.0313. The summed E-state index contributed by atoms with van der Waals surface area (Å²) in [5.41, 5.74) is 1.79. The van der Waals surface area contributed by atoms with Gasteiger partial charge in [0.05, 0.1) is 0 Å². The Morgan fingerprint density at radius 3 is 1.91 bits per heavy atom. The van der Waals surface area contributed by atoms with Gasteiger partial charge in [0.2, 0.25) is 0 Å². The number of hydrogen-bond donors (Lipinski definition) is 2. The van der Waals surface area contributed by atoms with Gasteiger partial charge >= 0.3 is 18.5 Å². The Bertz CT molecular complexity index is 953. The second-order valence-electron chi connectivity index (χ2n) is 7.46. The largest absolute Gasteiger partial charge is 0.487 e. The third-order valence-electron chi connectivity index (χ3n) is 4.64. The summed E-state index contributed by atoms with van der Waals surface area (Å²) in [5.74, 6) is -4.88. The molecule has 0 bridgehead atoms. The molecule has 0 saturated carbocycles. The van der Waals surface area contributed by atoms with E-state index in [9.17, 15) is 30.7 Å². The van der Waals surface area contributed by atoms with Gasteiger partial charge in [-0.15, -0.1) is 0 Å².